The van der Waals surface area contributed by atoms with Gasteiger partial charge in [-0.2, -0.15) is 0 Å². The molecule has 3 N–H and O–H groups in total. The Balaban J connectivity index is 1.87. The summed E-state index contributed by atoms with van der Waals surface area (Å²) in [5.41, 5.74) is 3.19. The van der Waals surface area contributed by atoms with Gasteiger partial charge in [-0.05, 0) is 47.5 Å². The van der Waals surface area contributed by atoms with E-state index >= 15 is 0 Å². The summed E-state index contributed by atoms with van der Waals surface area (Å²) >= 11 is 3.47. The summed E-state index contributed by atoms with van der Waals surface area (Å²) < 4.78 is 0.909. The number of nitrogens with two attached hydrogens (primary N) is 1. The first-order chi connectivity index (χ1) is 10.1. The molecule has 0 fully saturated rings. The lowest BCUT2D eigenvalue weighted by Crippen LogP contribution is -2.86. The van der Waals surface area contributed by atoms with Gasteiger partial charge in [0.05, 0.1) is 5.69 Å². The Labute approximate surface area is 133 Å². The number of carbonyl (C=O) groups is 1. The maximum atomic E-state index is 12.0. The highest BCUT2D eigenvalue weighted by Gasteiger charge is 2.12. The number of benzene rings is 2. The third-order valence-electron chi connectivity index (χ3n) is 3.38. The Hall–Kier alpha value is -1.65. The molecule has 3 nitrogen and oxygen atoms in total. The van der Waals surface area contributed by atoms with Gasteiger partial charge in [0.2, 0.25) is 0 Å². The molecule has 2 aromatic rings. The van der Waals surface area contributed by atoms with Crippen LogP contribution in [0.15, 0.2) is 53.0 Å². The van der Waals surface area contributed by atoms with Gasteiger partial charge in [-0.3, -0.25) is 4.79 Å². The largest absolute Gasteiger partial charge is 0.333 e. The quantitative estimate of drug-likeness (QED) is 0.857. The summed E-state index contributed by atoms with van der Waals surface area (Å²) in [7, 11) is 0. The second kappa shape index (κ2) is 7.38. The van der Waals surface area contributed by atoms with Crippen LogP contribution in [0.1, 0.15) is 24.1 Å². The van der Waals surface area contributed by atoms with E-state index in [2.05, 4.69) is 40.3 Å². The molecule has 4 heteroatoms. The lowest BCUT2D eigenvalue weighted by atomic mass is 10.1. The Bertz CT molecular complexity index is 613. The number of rotatable bonds is 5. The molecule has 2 rings (SSSR count). The van der Waals surface area contributed by atoms with Crippen LogP contribution in [-0.2, 0) is 4.79 Å². The first-order valence-corrected chi connectivity index (χ1v) is 7.80. The SMILES string of the molecule is Cc1ccc(NC(=O)C[NH2+][C@H](C)c2ccccc2)c(Br)c1. The third kappa shape index (κ3) is 4.69. The molecular formula is C17H20BrN2O+. The zero-order chi connectivity index (χ0) is 15.2. The molecular weight excluding hydrogens is 328 g/mol. The summed E-state index contributed by atoms with van der Waals surface area (Å²) in [6.45, 7) is 4.52. The van der Waals surface area contributed by atoms with E-state index in [1.54, 1.807) is 0 Å². The van der Waals surface area contributed by atoms with Gasteiger partial charge in [-0.15, -0.1) is 0 Å². The smallest absolute Gasteiger partial charge is 0.279 e. The fraction of sp³-hybridized carbons (Fsp3) is 0.235. The molecule has 110 valence electrons. The van der Waals surface area contributed by atoms with Crippen LogP contribution in [0.4, 0.5) is 5.69 Å². The second-order valence-electron chi connectivity index (χ2n) is 5.17. The van der Waals surface area contributed by atoms with E-state index in [1.165, 1.54) is 5.56 Å². The van der Waals surface area contributed by atoms with Crippen molar-refractivity contribution in [3.05, 3.63) is 64.1 Å². The van der Waals surface area contributed by atoms with Crippen LogP contribution < -0.4 is 10.6 Å². The fourth-order valence-corrected chi connectivity index (χ4v) is 2.69. The molecule has 0 aliphatic rings. The fourth-order valence-electron chi connectivity index (χ4n) is 2.10. The Morgan fingerprint density at radius 3 is 2.62 bits per heavy atom. The number of quaternary nitrogens is 1. The molecule has 0 aliphatic carbocycles. The van der Waals surface area contributed by atoms with Crippen molar-refractivity contribution in [2.45, 2.75) is 19.9 Å². The molecule has 0 bridgehead atoms. The summed E-state index contributed by atoms with van der Waals surface area (Å²) in [5, 5.41) is 4.96. The first kappa shape index (κ1) is 15.7. The minimum Gasteiger partial charge on any atom is -0.333 e. The number of aryl methyl sites for hydroxylation is 1. The summed E-state index contributed by atoms with van der Waals surface area (Å²) in [6.07, 6.45) is 0. The van der Waals surface area contributed by atoms with Gasteiger partial charge in [0.1, 0.15) is 6.04 Å². The van der Waals surface area contributed by atoms with Crippen molar-refractivity contribution in [1.82, 2.24) is 0 Å². The van der Waals surface area contributed by atoms with Crippen LogP contribution >= 0.6 is 15.9 Å². The molecule has 1 amide bonds. The monoisotopic (exact) mass is 347 g/mol. The average molecular weight is 348 g/mol. The zero-order valence-corrected chi connectivity index (χ0v) is 13.9. The van der Waals surface area contributed by atoms with Gasteiger partial charge in [0.25, 0.3) is 5.91 Å². The molecule has 0 saturated heterocycles. The van der Waals surface area contributed by atoms with Crippen molar-refractivity contribution < 1.29 is 10.1 Å². The maximum absolute atomic E-state index is 12.0. The van der Waals surface area contributed by atoms with E-state index in [4.69, 9.17) is 0 Å². The number of anilines is 1. The van der Waals surface area contributed by atoms with Crippen molar-refractivity contribution in [3.63, 3.8) is 0 Å². The van der Waals surface area contributed by atoms with E-state index < -0.39 is 0 Å². The maximum Gasteiger partial charge on any atom is 0.279 e. The number of halogens is 1. The number of hydrogen-bond donors (Lipinski definition) is 2. The van der Waals surface area contributed by atoms with Crippen molar-refractivity contribution in [1.29, 1.82) is 0 Å². The van der Waals surface area contributed by atoms with Gasteiger partial charge in [0, 0.05) is 10.0 Å². The highest BCUT2D eigenvalue weighted by molar-refractivity contribution is 9.10. The highest BCUT2D eigenvalue weighted by atomic mass is 79.9. The van der Waals surface area contributed by atoms with Gasteiger partial charge < -0.3 is 10.6 Å². The standard InChI is InChI=1S/C17H19BrN2O/c1-12-8-9-16(15(18)10-12)20-17(21)11-19-13(2)14-6-4-3-5-7-14/h3-10,13,19H,11H2,1-2H3,(H,20,21)/p+1/t13-/m1/s1. The molecule has 0 aromatic heterocycles. The lowest BCUT2D eigenvalue weighted by molar-refractivity contribution is -0.682. The van der Waals surface area contributed by atoms with Crippen LogP contribution in [0.25, 0.3) is 0 Å². The topological polar surface area (TPSA) is 45.7 Å². The molecule has 1 atom stereocenters. The molecule has 21 heavy (non-hydrogen) atoms. The van der Waals surface area contributed by atoms with E-state index in [0.29, 0.717) is 6.54 Å². The van der Waals surface area contributed by atoms with E-state index in [0.717, 1.165) is 15.7 Å². The van der Waals surface area contributed by atoms with Crippen molar-refractivity contribution in [3.8, 4) is 0 Å². The predicted molar refractivity (Wildman–Crippen MR) is 89.2 cm³/mol. The van der Waals surface area contributed by atoms with Gasteiger partial charge >= 0.3 is 0 Å². The number of nitrogens with one attached hydrogen (secondary N) is 1. The van der Waals surface area contributed by atoms with E-state index in [9.17, 15) is 4.79 Å². The lowest BCUT2D eigenvalue weighted by Gasteiger charge is -2.12. The third-order valence-corrected chi connectivity index (χ3v) is 4.04. The predicted octanol–water partition coefficient (Wildman–Crippen LogP) is 3.02. The zero-order valence-electron chi connectivity index (χ0n) is 12.3. The molecule has 0 radical (unpaired) electrons. The molecule has 0 heterocycles. The summed E-state index contributed by atoms with van der Waals surface area (Å²) in [5.74, 6) is 0.00216. The van der Waals surface area contributed by atoms with E-state index in [1.807, 2.05) is 48.6 Å². The molecule has 0 spiro atoms. The average Bonchev–Trinajstić information content (AvgIpc) is 2.48. The Morgan fingerprint density at radius 1 is 1.24 bits per heavy atom. The van der Waals surface area contributed by atoms with Crippen molar-refractivity contribution in [2.75, 3.05) is 11.9 Å². The Morgan fingerprint density at radius 2 is 1.95 bits per heavy atom. The molecule has 0 aliphatic heterocycles. The van der Waals surface area contributed by atoms with Crippen LogP contribution in [0, 0.1) is 6.92 Å². The van der Waals surface area contributed by atoms with Crippen LogP contribution in [0.5, 0.6) is 0 Å². The van der Waals surface area contributed by atoms with Crippen molar-refractivity contribution in [2.24, 2.45) is 0 Å². The summed E-state index contributed by atoms with van der Waals surface area (Å²) in [6, 6.07) is 16.3. The van der Waals surface area contributed by atoms with Gasteiger partial charge in [-0.25, -0.2) is 0 Å². The van der Waals surface area contributed by atoms with Crippen molar-refractivity contribution >= 4 is 27.5 Å². The Kier molecular flexibility index (Phi) is 5.53. The highest BCUT2D eigenvalue weighted by Crippen LogP contribution is 2.23. The number of carbonyl (C=O) groups excluding carboxylic acids is 1. The number of amides is 1. The molecule has 2 aromatic carbocycles. The number of hydrogen-bond acceptors (Lipinski definition) is 1. The van der Waals surface area contributed by atoms with Crippen LogP contribution in [0.3, 0.4) is 0 Å². The van der Waals surface area contributed by atoms with Gasteiger partial charge in [0.15, 0.2) is 6.54 Å². The first-order valence-electron chi connectivity index (χ1n) is 7.00. The molecule has 0 saturated carbocycles. The summed E-state index contributed by atoms with van der Waals surface area (Å²) in [4.78, 5) is 12.0. The van der Waals surface area contributed by atoms with Crippen LogP contribution in [0.2, 0.25) is 0 Å². The second-order valence-corrected chi connectivity index (χ2v) is 6.02. The molecule has 0 unspecified atom stereocenters. The van der Waals surface area contributed by atoms with Gasteiger partial charge in [-0.1, -0.05) is 36.4 Å². The minimum absolute atomic E-state index is 0.00216. The van der Waals surface area contributed by atoms with Crippen LogP contribution in [-0.4, -0.2) is 12.5 Å². The minimum atomic E-state index is 0.00216. The van der Waals surface area contributed by atoms with E-state index in [-0.39, 0.29) is 11.9 Å². The normalized spacial score (nSPS) is 12.0.